The number of aromatic amines is 1. The Morgan fingerprint density at radius 1 is 1.45 bits per heavy atom. The Hall–Kier alpha value is -2.63. The molecule has 1 amide bonds. The summed E-state index contributed by atoms with van der Waals surface area (Å²) in [5.74, 6) is 0.542. The fourth-order valence-electron chi connectivity index (χ4n) is 2.41. The fraction of sp³-hybridized carbons (Fsp3) is 0.312. The van der Waals surface area contributed by atoms with Gasteiger partial charge in [0.05, 0.1) is 17.8 Å². The quantitative estimate of drug-likeness (QED) is 0.889. The highest BCUT2D eigenvalue weighted by Crippen LogP contribution is 2.20. The molecule has 2 N–H and O–H groups in total. The number of hydrogen-bond donors (Lipinski definition) is 2. The zero-order chi connectivity index (χ0) is 15.4. The van der Waals surface area contributed by atoms with Gasteiger partial charge in [0.1, 0.15) is 11.9 Å². The third-order valence-electron chi connectivity index (χ3n) is 3.62. The van der Waals surface area contributed by atoms with Crippen LogP contribution in [0.15, 0.2) is 41.8 Å². The van der Waals surface area contributed by atoms with E-state index in [1.807, 2.05) is 25.1 Å². The molecule has 0 aliphatic carbocycles. The first-order valence-electron chi connectivity index (χ1n) is 7.36. The van der Waals surface area contributed by atoms with Gasteiger partial charge in [0.25, 0.3) is 5.91 Å². The summed E-state index contributed by atoms with van der Waals surface area (Å²) in [4.78, 5) is 25.0. The van der Waals surface area contributed by atoms with E-state index in [0.717, 1.165) is 24.1 Å². The number of carbonyl (C=O) groups is 1. The molecule has 22 heavy (non-hydrogen) atoms. The number of benzene rings is 1. The Labute approximate surface area is 128 Å². The number of nitrogens with one attached hydrogen (secondary N) is 2. The van der Waals surface area contributed by atoms with E-state index in [1.54, 1.807) is 18.5 Å². The second-order valence-corrected chi connectivity index (χ2v) is 5.14. The van der Waals surface area contributed by atoms with Gasteiger partial charge in [-0.2, -0.15) is 0 Å². The van der Waals surface area contributed by atoms with Crippen molar-refractivity contribution in [2.75, 3.05) is 6.54 Å². The molecule has 1 atom stereocenters. The Morgan fingerprint density at radius 3 is 3.05 bits per heavy atom. The Morgan fingerprint density at radius 2 is 2.32 bits per heavy atom. The molecule has 0 radical (unpaired) electrons. The van der Waals surface area contributed by atoms with Crippen molar-refractivity contribution in [2.24, 2.45) is 5.16 Å². The second kappa shape index (κ2) is 6.43. The smallest absolute Gasteiger partial charge is 0.252 e. The lowest BCUT2D eigenvalue weighted by Gasteiger charge is -2.11. The first kappa shape index (κ1) is 14.3. The van der Waals surface area contributed by atoms with Gasteiger partial charge in [-0.25, -0.2) is 4.98 Å². The van der Waals surface area contributed by atoms with Gasteiger partial charge >= 0.3 is 0 Å². The molecule has 114 valence electrons. The summed E-state index contributed by atoms with van der Waals surface area (Å²) in [5, 5.41) is 6.90. The molecule has 6 nitrogen and oxygen atoms in total. The topological polar surface area (TPSA) is 79.4 Å². The minimum Gasteiger partial charge on any atom is -0.390 e. The summed E-state index contributed by atoms with van der Waals surface area (Å²) in [7, 11) is 0. The normalized spacial score (nSPS) is 17.0. The molecular formula is C16H18N4O2. The summed E-state index contributed by atoms with van der Waals surface area (Å²) in [5.41, 5.74) is 2.41. The number of carbonyl (C=O) groups excluding carboxylic acids is 1. The molecule has 1 aromatic heterocycles. The third-order valence-corrected chi connectivity index (χ3v) is 3.62. The van der Waals surface area contributed by atoms with Crippen LogP contribution in [-0.2, 0) is 4.84 Å². The number of hydrogen-bond acceptors (Lipinski definition) is 4. The van der Waals surface area contributed by atoms with Crippen molar-refractivity contribution < 1.29 is 9.63 Å². The van der Waals surface area contributed by atoms with E-state index >= 15 is 0 Å². The molecule has 1 aromatic carbocycles. The maximum absolute atomic E-state index is 12.4. The zero-order valence-electron chi connectivity index (χ0n) is 12.4. The second-order valence-electron chi connectivity index (χ2n) is 5.14. The number of H-pyrrole nitrogens is 1. The Balaban J connectivity index is 1.66. The van der Waals surface area contributed by atoms with Crippen molar-refractivity contribution in [3.63, 3.8) is 0 Å². The number of amides is 1. The van der Waals surface area contributed by atoms with Crippen LogP contribution in [0.5, 0.6) is 0 Å². The molecule has 0 bridgehead atoms. The molecule has 0 spiro atoms. The average molecular weight is 298 g/mol. The van der Waals surface area contributed by atoms with Crippen LogP contribution in [0, 0.1) is 0 Å². The van der Waals surface area contributed by atoms with Crippen LogP contribution in [0.25, 0.3) is 11.4 Å². The van der Waals surface area contributed by atoms with Gasteiger partial charge in [-0.3, -0.25) is 4.79 Å². The highest BCUT2D eigenvalue weighted by Gasteiger charge is 2.21. The van der Waals surface area contributed by atoms with Crippen LogP contribution in [-0.4, -0.2) is 34.2 Å². The van der Waals surface area contributed by atoms with Crippen LogP contribution < -0.4 is 5.32 Å². The van der Waals surface area contributed by atoms with Crippen molar-refractivity contribution >= 4 is 11.6 Å². The summed E-state index contributed by atoms with van der Waals surface area (Å²) >= 11 is 0. The Kier molecular flexibility index (Phi) is 4.18. The van der Waals surface area contributed by atoms with Gasteiger partial charge in [-0.15, -0.1) is 0 Å². The van der Waals surface area contributed by atoms with E-state index in [2.05, 4.69) is 20.4 Å². The van der Waals surface area contributed by atoms with Gasteiger partial charge in [0, 0.05) is 24.4 Å². The van der Waals surface area contributed by atoms with Crippen molar-refractivity contribution in [1.29, 1.82) is 0 Å². The zero-order valence-corrected chi connectivity index (χ0v) is 12.4. The van der Waals surface area contributed by atoms with Crippen molar-refractivity contribution in [3.05, 3.63) is 42.2 Å². The monoisotopic (exact) mass is 298 g/mol. The number of nitrogens with zero attached hydrogens (tertiary/aromatic N) is 2. The molecule has 3 rings (SSSR count). The summed E-state index contributed by atoms with van der Waals surface area (Å²) in [6.45, 7) is 2.49. The molecular weight excluding hydrogens is 280 g/mol. The van der Waals surface area contributed by atoms with Crippen LogP contribution in [0.1, 0.15) is 30.1 Å². The van der Waals surface area contributed by atoms with E-state index in [-0.39, 0.29) is 12.0 Å². The molecule has 2 aromatic rings. The van der Waals surface area contributed by atoms with E-state index in [0.29, 0.717) is 17.9 Å². The third kappa shape index (κ3) is 3.00. The number of aromatic nitrogens is 2. The van der Waals surface area contributed by atoms with E-state index in [1.165, 1.54) is 0 Å². The molecule has 0 saturated heterocycles. The van der Waals surface area contributed by atoms with Crippen LogP contribution in [0.3, 0.4) is 0 Å². The lowest BCUT2D eigenvalue weighted by atomic mass is 10.1. The first-order valence-corrected chi connectivity index (χ1v) is 7.36. The number of rotatable bonds is 5. The predicted molar refractivity (Wildman–Crippen MR) is 83.6 cm³/mol. The largest absolute Gasteiger partial charge is 0.390 e. The van der Waals surface area contributed by atoms with E-state index < -0.39 is 0 Å². The highest BCUT2D eigenvalue weighted by atomic mass is 16.6. The minimum absolute atomic E-state index is 0.0744. The lowest BCUT2D eigenvalue weighted by molar-refractivity contribution is 0.0754. The maximum atomic E-state index is 12.4. The van der Waals surface area contributed by atoms with Crippen LogP contribution in [0.2, 0.25) is 0 Å². The average Bonchev–Trinajstić information content (AvgIpc) is 3.24. The number of oxime groups is 1. The highest BCUT2D eigenvalue weighted by molar-refractivity contribution is 6.00. The molecule has 0 saturated carbocycles. The van der Waals surface area contributed by atoms with Crippen molar-refractivity contribution in [2.45, 2.75) is 25.9 Å². The summed E-state index contributed by atoms with van der Waals surface area (Å²) in [6, 6.07) is 7.39. The fourth-order valence-corrected chi connectivity index (χ4v) is 2.41. The van der Waals surface area contributed by atoms with Crippen LogP contribution in [0.4, 0.5) is 0 Å². The molecule has 6 heteroatoms. The molecule has 2 heterocycles. The Bertz CT molecular complexity index is 679. The summed E-state index contributed by atoms with van der Waals surface area (Å²) in [6.07, 6.45) is 4.98. The van der Waals surface area contributed by atoms with Gasteiger partial charge in [0.2, 0.25) is 0 Å². The van der Waals surface area contributed by atoms with Gasteiger partial charge in [0.15, 0.2) is 0 Å². The molecule has 1 aliphatic heterocycles. The SMILES string of the molecule is CCC1=NOC(CNC(=O)c2ccccc2-c2ncc[nH]2)C1. The van der Waals surface area contributed by atoms with Gasteiger partial charge in [-0.1, -0.05) is 30.3 Å². The van der Waals surface area contributed by atoms with Crippen molar-refractivity contribution in [3.8, 4) is 11.4 Å². The maximum Gasteiger partial charge on any atom is 0.252 e. The summed E-state index contributed by atoms with van der Waals surface area (Å²) < 4.78 is 0. The van der Waals surface area contributed by atoms with Gasteiger partial charge < -0.3 is 15.1 Å². The molecule has 1 unspecified atom stereocenters. The van der Waals surface area contributed by atoms with Gasteiger partial charge in [-0.05, 0) is 12.5 Å². The number of imidazole rings is 1. The molecule has 1 aliphatic rings. The van der Waals surface area contributed by atoms with Crippen molar-refractivity contribution in [1.82, 2.24) is 15.3 Å². The minimum atomic E-state index is -0.138. The predicted octanol–water partition coefficient (Wildman–Crippen LogP) is 2.36. The molecule has 0 fully saturated rings. The first-order chi connectivity index (χ1) is 10.8. The standard InChI is InChI=1S/C16H18N4O2/c1-2-11-9-12(22-20-11)10-19-16(21)14-6-4-3-5-13(14)15-17-7-8-18-15/h3-8,12H,2,9-10H2,1H3,(H,17,18)(H,19,21). The van der Waals surface area contributed by atoms with E-state index in [9.17, 15) is 4.79 Å². The lowest BCUT2D eigenvalue weighted by Crippen LogP contribution is -2.32. The van der Waals surface area contributed by atoms with E-state index in [4.69, 9.17) is 4.84 Å². The van der Waals surface area contributed by atoms with Crippen LogP contribution >= 0.6 is 0 Å².